The second-order valence-corrected chi connectivity index (χ2v) is 5.88. The maximum absolute atomic E-state index is 12.4. The highest BCUT2D eigenvalue weighted by atomic mass is 19.4. The molecule has 0 amide bonds. The van der Waals surface area contributed by atoms with Gasteiger partial charge in [-0.2, -0.15) is 13.2 Å². The summed E-state index contributed by atoms with van der Waals surface area (Å²) < 4.78 is 42.4. The lowest BCUT2D eigenvalue weighted by Crippen LogP contribution is -2.45. The van der Waals surface area contributed by atoms with E-state index >= 15 is 0 Å². The molecule has 0 aromatic heterocycles. The maximum Gasteiger partial charge on any atom is 0.415 e. The van der Waals surface area contributed by atoms with Crippen LogP contribution in [-0.2, 0) is 6.42 Å². The first kappa shape index (κ1) is 17.1. The molecule has 1 aliphatic heterocycles. The number of hydrogen-bond donors (Lipinski definition) is 1. The van der Waals surface area contributed by atoms with E-state index in [4.69, 9.17) is 4.74 Å². The molecule has 0 aliphatic carbocycles. The topological polar surface area (TPSA) is 32.7 Å². The number of likely N-dealkylation sites (tertiary alicyclic amines) is 1. The summed E-state index contributed by atoms with van der Waals surface area (Å²) in [6.45, 7) is 0.883. The van der Waals surface area contributed by atoms with Crippen molar-refractivity contribution >= 4 is 0 Å². The van der Waals surface area contributed by atoms with Crippen molar-refractivity contribution in [2.24, 2.45) is 5.92 Å². The quantitative estimate of drug-likeness (QED) is 0.906. The normalized spacial score (nSPS) is 21.6. The van der Waals surface area contributed by atoms with E-state index in [1.54, 1.807) is 12.0 Å². The average molecular weight is 317 g/mol. The summed E-state index contributed by atoms with van der Waals surface area (Å²) in [5, 5.41) is 9.19. The first-order valence-corrected chi connectivity index (χ1v) is 7.48. The number of aliphatic hydroxyl groups excluding tert-OH is 1. The van der Waals surface area contributed by atoms with Gasteiger partial charge in [0.25, 0.3) is 0 Å². The van der Waals surface area contributed by atoms with E-state index in [9.17, 15) is 18.3 Å². The Bertz CT molecular complexity index is 461. The predicted molar refractivity (Wildman–Crippen MR) is 77.9 cm³/mol. The molecule has 22 heavy (non-hydrogen) atoms. The smallest absolute Gasteiger partial charge is 0.415 e. The predicted octanol–water partition coefficient (Wildman–Crippen LogP) is 2.87. The monoisotopic (exact) mass is 317 g/mol. The van der Waals surface area contributed by atoms with Gasteiger partial charge >= 0.3 is 6.18 Å². The van der Waals surface area contributed by atoms with Gasteiger partial charge in [-0.1, -0.05) is 12.1 Å². The van der Waals surface area contributed by atoms with Gasteiger partial charge in [0.2, 0.25) is 0 Å². The molecule has 1 aliphatic rings. The summed E-state index contributed by atoms with van der Waals surface area (Å²) in [6.07, 6.45) is -4.09. The number of alkyl halides is 3. The number of benzene rings is 1. The van der Waals surface area contributed by atoms with E-state index in [0.29, 0.717) is 19.0 Å². The maximum atomic E-state index is 12.4. The van der Waals surface area contributed by atoms with Crippen molar-refractivity contribution in [2.45, 2.75) is 31.5 Å². The Labute approximate surface area is 128 Å². The van der Waals surface area contributed by atoms with Crippen molar-refractivity contribution < 1.29 is 23.0 Å². The third-order valence-electron chi connectivity index (χ3n) is 4.10. The molecule has 2 rings (SSSR count). The number of ether oxygens (including phenoxy) is 1. The van der Waals surface area contributed by atoms with Crippen molar-refractivity contribution in [1.82, 2.24) is 4.90 Å². The minimum atomic E-state index is -4.54. The Kier molecular flexibility index (Phi) is 5.69. The van der Waals surface area contributed by atoms with Gasteiger partial charge in [0, 0.05) is 13.1 Å². The summed E-state index contributed by atoms with van der Waals surface area (Å²) in [7, 11) is 1.61. The average Bonchev–Trinajstić information content (AvgIpc) is 2.47. The molecule has 0 bridgehead atoms. The first-order valence-electron chi connectivity index (χ1n) is 7.48. The number of aliphatic hydroxyl groups is 1. The molecule has 2 atom stereocenters. The van der Waals surface area contributed by atoms with Crippen LogP contribution in [0.3, 0.4) is 0 Å². The van der Waals surface area contributed by atoms with Crippen molar-refractivity contribution in [2.75, 3.05) is 26.7 Å². The number of methoxy groups -OCH3 is 1. The van der Waals surface area contributed by atoms with Crippen molar-refractivity contribution in [3.8, 4) is 5.75 Å². The van der Waals surface area contributed by atoms with E-state index in [1.807, 2.05) is 24.3 Å². The zero-order valence-electron chi connectivity index (χ0n) is 12.6. The van der Waals surface area contributed by atoms with Gasteiger partial charge in [0.1, 0.15) is 5.75 Å². The fourth-order valence-electron chi connectivity index (χ4n) is 2.93. The van der Waals surface area contributed by atoms with E-state index < -0.39 is 12.3 Å². The van der Waals surface area contributed by atoms with Gasteiger partial charge < -0.3 is 14.7 Å². The summed E-state index contributed by atoms with van der Waals surface area (Å²) in [5.41, 5.74) is 1.16. The third kappa shape index (κ3) is 4.88. The molecule has 1 aromatic carbocycles. The van der Waals surface area contributed by atoms with Gasteiger partial charge in [-0.3, -0.25) is 0 Å². The number of halogens is 3. The van der Waals surface area contributed by atoms with Gasteiger partial charge in [-0.25, -0.2) is 0 Å². The van der Waals surface area contributed by atoms with Gasteiger partial charge in [-0.15, -0.1) is 0 Å². The summed E-state index contributed by atoms with van der Waals surface area (Å²) >= 11 is 0. The van der Waals surface area contributed by atoms with Crippen LogP contribution in [0.25, 0.3) is 0 Å². The molecule has 0 saturated carbocycles. The molecule has 0 spiro atoms. The second kappa shape index (κ2) is 7.33. The molecule has 3 nitrogen and oxygen atoms in total. The SMILES string of the molecule is COc1ccc(C[C@@H]2CCCN(C[C@H](O)C(F)(F)F)C2)cc1. The molecule has 124 valence electrons. The molecular formula is C16H22F3NO2. The number of piperidine rings is 1. The van der Waals surface area contributed by atoms with Crippen molar-refractivity contribution in [3.05, 3.63) is 29.8 Å². The number of rotatable bonds is 5. The largest absolute Gasteiger partial charge is 0.497 e. The van der Waals surface area contributed by atoms with Gasteiger partial charge in [0.05, 0.1) is 7.11 Å². The van der Waals surface area contributed by atoms with Gasteiger partial charge in [-0.05, 0) is 49.4 Å². The molecule has 1 heterocycles. The van der Waals surface area contributed by atoms with Crippen LogP contribution in [0.4, 0.5) is 13.2 Å². The summed E-state index contributed by atoms with van der Waals surface area (Å²) in [5.74, 6) is 1.12. The Hall–Kier alpha value is -1.27. The minimum Gasteiger partial charge on any atom is -0.497 e. The fraction of sp³-hybridized carbons (Fsp3) is 0.625. The molecule has 6 heteroatoms. The molecular weight excluding hydrogens is 295 g/mol. The van der Waals surface area contributed by atoms with Crippen LogP contribution in [-0.4, -0.2) is 49.0 Å². The fourth-order valence-corrected chi connectivity index (χ4v) is 2.93. The highest BCUT2D eigenvalue weighted by molar-refractivity contribution is 5.27. The zero-order chi connectivity index (χ0) is 16.2. The van der Waals surface area contributed by atoms with Gasteiger partial charge in [0.15, 0.2) is 6.10 Å². The highest BCUT2D eigenvalue weighted by Crippen LogP contribution is 2.25. The van der Waals surface area contributed by atoms with Crippen LogP contribution in [0.15, 0.2) is 24.3 Å². The first-order chi connectivity index (χ1) is 10.4. The molecule has 0 radical (unpaired) electrons. The van der Waals surface area contributed by atoms with Crippen LogP contribution in [0, 0.1) is 5.92 Å². The number of hydrogen-bond acceptors (Lipinski definition) is 3. The Morgan fingerprint density at radius 1 is 1.32 bits per heavy atom. The van der Waals surface area contributed by atoms with Crippen LogP contribution in [0.5, 0.6) is 5.75 Å². The lowest BCUT2D eigenvalue weighted by Gasteiger charge is -2.34. The van der Waals surface area contributed by atoms with Crippen molar-refractivity contribution in [3.63, 3.8) is 0 Å². The highest BCUT2D eigenvalue weighted by Gasteiger charge is 2.39. The van der Waals surface area contributed by atoms with E-state index in [-0.39, 0.29) is 6.54 Å². The van der Waals surface area contributed by atoms with Crippen LogP contribution in [0.1, 0.15) is 18.4 Å². The molecule has 1 saturated heterocycles. The summed E-state index contributed by atoms with van der Waals surface area (Å²) in [4.78, 5) is 1.72. The lowest BCUT2D eigenvalue weighted by atomic mass is 9.91. The van der Waals surface area contributed by atoms with E-state index in [1.165, 1.54) is 0 Å². The number of β-amino-alcohol motifs (C(OH)–C–C–N with tert-alkyl or cyclic N) is 1. The third-order valence-corrected chi connectivity index (χ3v) is 4.10. The molecule has 1 fully saturated rings. The Morgan fingerprint density at radius 3 is 2.59 bits per heavy atom. The molecule has 0 unspecified atom stereocenters. The van der Waals surface area contributed by atoms with Crippen LogP contribution in [0.2, 0.25) is 0 Å². The summed E-state index contributed by atoms with van der Waals surface area (Å²) in [6, 6.07) is 7.76. The lowest BCUT2D eigenvalue weighted by molar-refractivity contribution is -0.209. The van der Waals surface area contributed by atoms with E-state index in [0.717, 1.165) is 30.6 Å². The number of nitrogens with zero attached hydrogens (tertiary/aromatic N) is 1. The minimum absolute atomic E-state index is 0.322. The second-order valence-electron chi connectivity index (χ2n) is 5.88. The van der Waals surface area contributed by atoms with Crippen LogP contribution < -0.4 is 4.74 Å². The Morgan fingerprint density at radius 2 is 2.00 bits per heavy atom. The molecule has 1 N–H and O–H groups in total. The van der Waals surface area contributed by atoms with Crippen molar-refractivity contribution in [1.29, 1.82) is 0 Å². The van der Waals surface area contributed by atoms with Crippen LogP contribution >= 0.6 is 0 Å². The van der Waals surface area contributed by atoms with E-state index in [2.05, 4.69) is 0 Å². The standard InChI is InChI=1S/C16H22F3NO2/c1-22-14-6-4-12(5-7-14)9-13-3-2-8-20(10-13)11-15(21)16(17,18)19/h4-7,13,15,21H,2-3,8-11H2,1H3/t13-,15-/m0/s1. The zero-order valence-corrected chi connectivity index (χ0v) is 12.6. The Balaban J connectivity index is 1.87. The molecule has 1 aromatic rings.